The van der Waals surface area contributed by atoms with Gasteiger partial charge in [0.15, 0.2) is 4.80 Å². The largest absolute Gasteiger partial charge is 0.497 e. The molecule has 0 fully saturated rings. The Morgan fingerprint density at radius 1 is 1.07 bits per heavy atom. The molecule has 2 aromatic heterocycles. The summed E-state index contributed by atoms with van der Waals surface area (Å²) < 4.78 is 24.1. The molecule has 0 aliphatic carbocycles. The van der Waals surface area contributed by atoms with Crippen molar-refractivity contribution in [3.05, 3.63) is 101 Å². The summed E-state index contributed by atoms with van der Waals surface area (Å²) >= 11 is 7.39. The maximum absolute atomic E-state index is 14.2. The number of likely N-dealkylation sites (N-methyl/N-ethyl adjacent to an activating group) is 1. The highest BCUT2D eigenvalue weighted by Gasteiger charge is 2.36. The molecule has 0 unspecified atom stereocenters. The van der Waals surface area contributed by atoms with Crippen LogP contribution in [0.5, 0.6) is 11.5 Å². The van der Waals surface area contributed by atoms with Crippen LogP contribution in [-0.2, 0) is 9.53 Å². The quantitative estimate of drug-likeness (QED) is 0.239. The van der Waals surface area contributed by atoms with E-state index in [1.165, 1.54) is 30.1 Å². The molecule has 1 amide bonds. The molecule has 0 radical (unpaired) electrons. The number of hydrogen-bond donors (Lipinski definition) is 0. The number of allylic oxidation sites excluding steroid dienone is 1. The first-order chi connectivity index (χ1) is 21.6. The van der Waals surface area contributed by atoms with Crippen molar-refractivity contribution in [1.82, 2.24) is 9.47 Å². The number of furan rings is 1. The van der Waals surface area contributed by atoms with Crippen molar-refractivity contribution in [3.63, 3.8) is 0 Å². The van der Waals surface area contributed by atoms with Gasteiger partial charge in [-0.2, -0.15) is 0 Å². The zero-order valence-electron chi connectivity index (χ0n) is 25.7. The molecule has 12 heteroatoms. The van der Waals surface area contributed by atoms with E-state index in [2.05, 4.69) is 0 Å². The lowest BCUT2D eigenvalue weighted by Gasteiger charge is -2.30. The number of esters is 1. The number of aromatic nitrogens is 1. The number of rotatable bonds is 9. The molecule has 1 aliphatic rings. The van der Waals surface area contributed by atoms with Crippen LogP contribution >= 0.6 is 22.9 Å². The maximum Gasteiger partial charge on any atom is 0.338 e. The van der Waals surface area contributed by atoms with Gasteiger partial charge in [-0.25, -0.2) is 9.79 Å². The van der Waals surface area contributed by atoms with Gasteiger partial charge in [-0.3, -0.25) is 14.2 Å². The van der Waals surface area contributed by atoms with E-state index in [0.717, 1.165) is 0 Å². The Kier molecular flexibility index (Phi) is 9.31. The Balaban J connectivity index is 1.69. The minimum absolute atomic E-state index is 0.219. The fourth-order valence-corrected chi connectivity index (χ4v) is 6.53. The zero-order valence-corrected chi connectivity index (χ0v) is 27.2. The van der Waals surface area contributed by atoms with Crippen molar-refractivity contribution in [2.45, 2.75) is 26.8 Å². The van der Waals surface area contributed by atoms with E-state index in [9.17, 15) is 14.4 Å². The molecule has 234 valence electrons. The zero-order chi connectivity index (χ0) is 32.4. The smallest absolute Gasteiger partial charge is 0.338 e. The number of amides is 1. The maximum atomic E-state index is 14.2. The summed E-state index contributed by atoms with van der Waals surface area (Å²) in [5.74, 6) is 1.03. The summed E-state index contributed by atoms with van der Waals surface area (Å²) in [6.45, 7) is 6.56. The van der Waals surface area contributed by atoms with Gasteiger partial charge in [0.25, 0.3) is 11.5 Å². The monoisotopic (exact) mass is 649 g/mol. The van der Waals surface area contributed by atoms with Gasteiger partial charge in [0.2, 0.25) is 0 Å². The molecular weight excluding hydrogens is 618 g/mol. The fourth-order valence-electron chi connectivity index (χ4n) is 5.34. The Morgan fingerprint density at radius 2 is 1.82 bits per heavy atom. The molecule has 5 rings (SSSR count). The number of methoxy groups -OCH3 is 3. The van der Waals surface area contributed by atoms with Crippen molar-refractivity contribution in [1.29, 1.82) is 0 Å². The lowest BCUT2D eigenvalue weighted by Crippen LogP contribution is -2.43. The molecule has 10 nitrogen and oxygen atoms in total. The SMILES string of the molecule is CCN(CC)C(=O)C1=C(C)N=c2s/c(=C\c3ccc(-c4cc(Cl)ccc4C(=O)OC)o3)c(=O)n2[C@H]1c1cc(OC)ccc1OC. The van der Waals surface area contributed by atoms with E-state index in [4.69, 9.17) is 35.2 Å². The average molecular weight is 650 g/mol. The molecule has 45 heavy (non-hydrogen) atoms. The number of nitrogens with zero attached hydrogens (tertiary/aromatic N) is 3. The number of carbonyl (C=O) groups is 2. The van der Waals surface area contributed by atoms with Crippen LogP contribution < -0.4 is 24.4 Å². The third-order valence-corrected chi connectivity index (χ3v) is 8.80. The van der Waals surface area contributed by atoms with E-state index in [1.54, 1.807) is 73.5 Å². The molecule has 1 aliphatic heterocycles. The molecule has 0 bridgehead atoms. The Morgan fingerprint density at radius 3 is 2.49 bits per heavy atom. The molecule has 3 heterocycles. The second-order valence-electron chi connectivity index (χ2n) is 10.1. The predicted molar refractivity (Wildman–Crippen MR) is 172 cm³/mol. The van der Waals surface area contributed by atoms with Gasteiger partial charge in [-0.05, 0) is 69.3 Å². The van der Waals surface area contributed by atoms with Crippen LogP contribution in [0.25, 0.3) is 17.4 Å². The van der Waals surface area contributed by atoms with Crippen LogP contribution in [0.1, 0.15) is 48.5 Å². The lowest BCUT2D eigenvalue weighted by atomic mass is 9.93. The van der Waals surface area contributed by atoms with Crippen molar-refractivity contribution in [3.8, 4) is 22.8 Å². The van der Waals surface area contributed by atoms with Crippen LogP contribution in [0.15, 0.2) is 74.0 Å². The highest BCUT2D eigenvalue weighted by molar-refractivity contribution is 7.07. The highest BCUT2D eigenvalue weighted by atomic mass is 35.5. The van der Waals surface area contributed by atoms with E-state index in [0.29, 0.717) is 72.9 Å². The molecule has 2 aromatic carbocycles. The number of hydrogen-bond acceptors (Lipinski definition) is 9. The van der Waals surface area contributed by atoms with Crippen LogP contribution in [-0.4, -0.2) is 55.8 Å². The Hall–Kier alpha value is -4.61. The van der Waals surface area contributed by atoms with Crippen LogP contribution in [0.2, 0.25) is 5.02 Å². The van der Waals surface area contributed by atoms with E-state index < -0.39 is 12.0 Å². The third-order valence-electron chi connectivity index (χ3n) is 7.59. The normalized spacial score (nSPS) is 14.6. The Bertz CT molecular complexity index is 2000. The van der Waals surface area contributed by atoms with E-state index >= 15 is 0 Å². The van der Waals surface area contributed by atoms with Crippen LogP contribution in [0, 0.1) is 0 Å². The lowest BCUT2D eigenvalue weighted by molar-refractivity contribution is -0.127. The first-order valence-electron chi connectivity index (χ1n) is 14.2. The molecule has 0 saturated carbocycles. The number of fused-ring (bicyclic) bond motifs is 1. The summed E-state index contributed by atoms with van der Waals surface area (Å²) in [4.78, 5) is 47.3. The van der Waals surface area contributed by atoms with E-state index in [-0.39, 0.29) is 17.0 Å². The van der Waals surface area contributed by atoms with E-state index in [1.807, 2.05) is 13.8 Å². The van der Waals surface area contributed by atoms with Gasteiger partial charge in [0.1, 0.15) is 29.1 Å². The summed E-state index contributed by atoms with van der Waals surface area (Å²) in [5.41, 5.74) is 1.85. The van der Waals surface area contributed by atoms with Crippen LogP contribution in [0.3, 0.4) is 0 Å². The van der Waals surface area contributed by atoms with Crippen LogP contribution in [0.4, 0.5) is 0 Å². The highest BCUT2D eigenvalue weighted by Crippen LogP contribution is 2.38. The summed E-state index contributed by atoms with van der Waals surface area (Å²) in [6, 6.07) is 12.6. The fraction of sp³-hybridized carbons (Fsp3) is 0.273. The van der Waals surface area contributed by atoms with Gasteiger partial charge in [-0.15, -0.1) is 0 Å². The number of halogens is 1. The Labute approximate surface area is 268 Å². The van der Waals surface area contributed by atoms with Crippen molar-refractivity contribution < 1.29 is 28.2 Å². The molecule has 4 aromatic rings. The minimum atomic E-state index is -0.831. The van der Waals surface area contributed by atoms with Crippen molar-refractivity contribution >= 4 is 40.9 Å². The number of thiazole rings is 1. The van der Waals surface area contributed by atoms with Crippen molar-refractivity contribution in [2.24, 2.45) is 4.99 Å². The topological polar surface area (TPSA) is 113 Å². The molecular formula is C33H32ClN3O7S. The molecule has 0 N–H and O–H groups in total. The molecule has 0 saturated heterocycles. The van der Waals surface area contributed by atoms with Gasteiger partial charge in [-0.1, -0.05) is 22.9 Å². The second kappa shape index (κ2) is 13.2. The summed E-state index contributed by atoms with van der Waals surface area (Å²) in [7, 11) is 4.39. The first kappa shape index (κ1) is 31.8. The van der Waals surface area contributed by atoms with Gasteiger partial charge in [0.05, 0.1) is 42.7 Å². The molecule has 0 spiro atoms. The van der Waals surface area contributed by atoms with Gasteiger partial charge < -0.3 is 23.5 Å². The minimum Gasteiger partial charge on any atom is -0.497 e. The predicted octanol–water partition coefficient (Wildman–Crippen LogP) is 4.82. The number of ether oxygens (including phenoxy) is 3. The average Bonchev–Trinajstić information content (AvgIpc) is 3.63. The standard InChI is InChI=1S/C33H32ClN3O7S/c1-7-36(8-2)31(39)28-18(3)35-33-37(29(28)24-16-20(41-4)10-13-25(24)42-5)30(38)27(45-33)17-21-11-14-26(44-21)23-15-19(34)9-12-22(23)32(40)43-6/h9-17,29H,7-8H2,1-6H3/b27-17-/t29-/m0/s1. The number of carbonyl (C=O) groups excluding carboxylic acids is 2. The number of benzene rings is 2. The summed E-state index contributed by atoms with van der Waals surface area (Å²) in [6.07, 6.45) is 1.61. The summed E-state index contributed by atoms with van der Waals surface area (Å²) in [5, 5.41) is 0.419. The van der Waals surface area contributed by atoms with Gasteiger partial charge in [0, 0.05) is 35.3 Å². The molecule has 1 atom stereocenters. The second-order valence-corrected chi connectivity index (χ2v) is 11.5. The van der Waals surface area contributed by atoms with Crippen molar-refractivity contribution in [2.75, 3.05) is 34.4 Å². The first-order valence-corrected chi connectivity index (χ1v) is 15.4. The third kappa shape index (κ3) is 5.93. The van der Waals surface area contributed by atoms with Gasteiger partial charge >= 0.3 is 5.97 Å².